The second-order valence-electron chi connectivity index (χ2n) is 6.17. The Morgan fingerprint density at radius 1 is 1.29 bits per heavy atom. The molecule has 1 aromatic rings. The average molecular weight is 354 g/mol. The van der Waals surface area contributed by atoms with E-state index >= 15 is 0 Å². The molecule has 0 saturated carbocycles. The van der Waals surface area contributed by atoms with E-state index in [4.69, 9.17) is 4.74 Å². The molecule has 2 saturated heterocycles. The van der Waals surface area contributed by atoms with Crippen LogP contribution in [0.1, 0.15) is 36.0 Å². The maximum absolute atomic E-state index is 12.4. The van der Waals surface area contributed by atoms with Crippen molar-refractivity contribution in [1.82, 2.24) is 4.72 Å². The largest absolute Gasteiger partial charge is 0.478 e. The van der Waals surface area contributed by atoms with Crippen molar-refractivity contribution in [2.24, 2.45) is 0 Å². The van der Waals surface area contributed by atoms with Gasteiger partial charge in [0.2, 0.25) is 10.0 Å². The number of nitrogens with one attached hydrogen (secondary N) is 1. The first kappa shape index (κ1) is 17.2. The lowest BCUT2D eigenvalue weighted by atomic mass is 10.1. The molecule has 1 aromatic carbocycles. The number of anilines is 1. The lowest BCUT2D eigenvalue weighted by Gasteiger charge is -2.20. The number of carboxylic acid groups (broad SMARTS) is 1. The summed E-state index contributed by atoms with van der Waals surface area (Å²) < 4.78 is 32.8. The summed E-state index contributed by atoms with van der Waals surface area (Å²) in [5.74, 6) is -1.12. The summed E-state index contributed by atoms with van der Waals surface area (Å²) in [5.41, 5.74) is 0.606. The minimum absolute atomic E-state index is 0.0249. The first-order valence-electron chi connectivity index (χ1n) is 8.21. The van der Waals surface area contributed by atoms with E-state index in [0.29, 0.717) is 12.3 Å². The van der Waals surface area contributed by atoms with Gasteiger partial charge in [-0.1, -0.05) is 0 Å². The number of sulfonamides is 1. The van der Waals surface area contributed by atoms with Gasteiger partial charge in [0, 0.05) is 26.2 Å². The quantitative estimate of drug-likeness (QED) is 0.803. The van der Waals surface area contributed by atoms with Gasteiger partial charge in [-0.15, -0.1) is 0 Å². The summed E-state index contributed by atoms with van der Waals surface area (Å²) in [4.78, 5) is 13.5. The summed E-state index contributed by atoms with van der Waals surface area (Å²) in [6, 6.07) is 4.31. The molecule has 0 spiro atoms. The van der Waals surface area contributed by atoms with Gasteiger partial charge in [-0.05, 0) is 43.9 Å². The molecule has 0 aliphatic carbocycles. The van der Waals surface area contributed by atoms with Crippen LogP contribution in [0.5, 0.6) is 0 Å². The Kier molecular flexibility index (Phi) is 5.07. The number of hydrogen-bond donors (Lipinski definition) is 2. The van der Waals surface area contributed by atoms with E-state index in [1.165, 1.54) is 12.1 Å². The minimum atomic E-state index is -3.76. The molecule has 132 valence electrons. The Morgan fingerprint density at radius 3 is 2.67 bits per heavy atom. The predicted octanol–water partition coefficient (Wildman–Crippen LogP) is 1.44. The zero-order valence-electron chi connectivity index (χ0n) is 13.4. The molecule has 0 aromatic heterocycles. The highest BCUT2D eigenvalue weighted by molar-refractivity contribution is 7.89. The molecule has 2 N–H and O–H groups in total. The van der Waals surface area contributed by atoms with Crippen LogP contribution in [0, 0.1) is 0 Å². The topological polar surface area (TPSA) is 95.9 Å². The lowest BCUT2D eigenvalue weighted by molar-refractivity contribution is 0.0697. The number of ether oxygens (including phenoxy) is 1. The molecule has 2 fully saturated rings. The maximum Gasteiger partial charge on any atom is 0.337 e. The molecule has 0 bridgehead atoms. The Balaban J connectivity index is 1.81. The van der Waals surface area contributed by atoms with E-state index < -0.39 is 16.0 Å². The van der Waals surface area contributed by atoms with Gasteiger partial charge in [-0.25, -0.2) is 17.9 Å². The van der Waals surface area contributed by atoms with Crippen molar-refractivity contribution in [3.63, 3.8) is 0 Å². The Labute approximate surface area is 141 Å². The van der Waals surface area contributed by atoms with Crippen LogP contribution in [0.15, 0.2) is 23.1 Å². The predicted molar refractivity (Wildman–Crippen MR) is 89.0 cm³/mol. The molecule has 1 atom stereocenters. The molecule has 3 rings (SSSR count). The third-order valence-electron chi connectivity index (χ3n) is 4.48. The van der Waals surface area contributed by atoms with E-state index in [0.717, 1.165) is 38.8 Å². The second-order valence-corrected chi connectivity index (χ2v) is 7.93. The normalized spacial score (nSPS) is 21.3. The van der Waals surface area contributed by atoms with Crippen molar-refractivity contribution in [3.05, 3.63) is 23.8 Å². The molecule has 0 amide bonds. The fourth-order valence-corrected chi connectivity index (χ4v) is 4.27. The van der Waals surface area contributed by atoms with Crippen molar-refractivity contribution in [3.8, 4) is 0 Å². The monoisotopic (exact) mass is 354 g/mol. The van der Waals surface area contributed by atoms with E-state index in [1.807, 2.05) is 4.90 Å². The zero-order chi connectivity index (χ0) is 17.2. The number of hydrogen-bond acceptors (Lipinski definition) is 5. The Hall–Kier alpha value is -1.64. The molecule has 8 heteroatoms. The van der Waals surface area contributed by atoms with Gasteiger partial charge in [-0.2, -0.15) is 0 Å². The Morgan fingerprint density at radius 2 is 2.04 bits per heavy atom. The summed E-state index contributed by atoms with van der Waals surface area (Å²) >= 11 is 0. The highest BCUT2D eigenvalue weighted by atomic mass is 32.2. The summed E-state index contributed by atoms with van der Waals surface area (Å²) in [6.07, 6.45) is 3.68. The number of carbonyl (C=O) groups is 1. The Bertz CT molecular complexity index is 707. The third-order valence-corrected chi connectivity index (χ3v) is 5.90. The van der Waals surface area contributed by atoms with Crippen LogP contribution < -0.4 is 9.62 Å². The first-order valence-corrected chi connectivity index (χ1v) is 9.69. The van der Waals surface area contributed by atoms with E-state index in [1.54, 1.807) is 6.07 Å². The number of rotatable bonds is 6. The zero-order valence-corrected chi connectivity index (χ0v) is 14.2. The van der Waals surface area contributed by atoms with Gasteiger partial charge in [0.1, 0.15) is 0 Å². The molecule has 2 aliphatic rings. The van der Waals surface area contributed by atoms with E-state index in [2.05, 4.69) is 4.72 Å². The van der Waals surface area contributed by atoms with Crippen LogP contribution in [0.4, 0.5) is 5.69 Å². The van der Waals surface area contributed by atoms with Crippen molar-refractivity contribution >= 4 is 21.7 Å². The van der Waals surface area contributed by atoms with Gasteiger partial charge in [0.15, 0.2) is 0 Å². The molecule has 2 heterocycles. The molecular formula is C16H22N2O5S. The molecule has 24 heavy (non-hydrogen) atoms. The summed E-state index contributed by atoms with van der Waals surface area (Å²) in [5, 5.41) is 9.46. The number of nitrogens with zero attached hydrogens (tertiary/aromatic N) is 1. The van der Waals surface area contributed by atoms with Crippen molar-refractivity contribution in [1.29, 1.82) is 0 Å². The smallest absolute Gasteiger partial charge is 0.337 e. The second kappa shape index (κ2) is 7.08. The minimum Gasteiger partial charge on any atom is -0.478 e. The molecule has 0 radical (unpaired) electrons. The molecule has 7 nitrogen and oxygen atoms in total. The van der Waals surface area contributed by atoms with E-state index in [-0.39, 0.29) is 23.1 Å². The number of aromatic carboxylic acids is 1. The molecular weight excluding hydrogens is 332 g/mol. The summed E-state index contributed by atoms with van der Waals surface area (Å²) in [7, 11) is -3.76. The summed E-state index contributed by atoms with van der Waals surface area (Å²) in [6.45, 7) is 2.45. The highest BCUT2D eigenvalue weighted by Crippen LogP contribution is 2.27. The van der Waals surface area contributed by atoms with Crippen LogP contribution in [-0.4, -0.2) is 51.8 Å². The van der Waals surface area contributed by atoms with Crippen LogP contribution in [-0.2, 0) is 14.8 Å². The number of carboxylic acids is 1. The van der Waals surface area contributed by atoms with Gasteiger partial charge in [-0.3, -0.25) is 0 Å². The van der Waals surface area contributed by atoms with Crippen molar-refractivity contribution < 1.29 is 23.1 Å². The van der Waals surface area contributed by atoms with Crippen LogP contribution in [0.2, 0.25) is 0 Å². The maximum atomic E-state index is 12.4. The fourth-order valence-electron chi connectivity index (χ4n) is 3.18. The van der Waals surface area contributed by atoms with Crippen LogP contribution in [0.3, 0.4) is 0 Å². The molecule has 0 unspecified atom stereocenters. The SMILES string of the molecule is O=C(O)c1cc(S(=O)(=O)NC[C@H]2CCCO2)ccc1N1CCCC1. The highest BCUT2D eigenvalue weighted by Gasteiger charge is 2.24. The van der Waals surface area contributed by atoms with E-state index in [9.17, 15) is 18.3 Å². The standard InChI is InChI=1S/C16H22N2O5S/c19-16(20)14-10-13(5-6-15(14)18-7-1-2-8-18)24(21,22)17-11-12-4-3-9-23-12/h5-6,10,12,17H,1-4,7-9,11H2,(H,19,20)/t12-/m1/s1. The van der Waals surface area contributed by atoms with Gasteiger partial charge >= 0.3 is 5.97 Å². The lowest BCUT2D eigenvalue weighted by Crippen LogP contribution is -2.32. The number of benzene rings is 1. The van der Waals surface area contributed by atoms with Crippen molar-refractivity contribution in [2.75, 3.05) is 31.1 Å². The van der Waals surface area contributed by atoms with Crippen LogP contribution in [0.25, 0.3) is 0 Å². The third kappa shape index (κ3) is 3.71. The van der Waals surface area contributed by atoms with Gasteiger partial charge in [0.05, 0.1) is 22.3 Å². The van der Waals surface area contributed by atoms with Gasteiger partial charge < -0.3 is 14.7 Å². The average Bonchev–Trinajstić information content (AvgIpc) is 3.26. The van der Waals surface area contributed by atoms with Gasteiger partial charge in [0.25, 0.3) is 0 Å². The fraction of sp³-hybridized carbons (Fsp3) is 0.562. The van der Waals surface area contributed by atoms with Crippen LogP contribution >= 0.6 is 0 Å². The molecule has 2 aliphatic heterocycles. The van der Waals surface area contributed by atoms with Crippen molar-refractivity contribution in [2.45, 2.75) is 36.7 Å². The first-order chi connectivity index (χ1) is 11.5.